The van der Waals surface area contributed by atoms with Gasteiger partial charge in [0, 0.05) is 24.7 Å². The molecule has 0 bridgehead atoms. The number of rotatable bonds is 6. The zero-order valence-electron chi connectivity index (χ0n) is 10.9. The van der Waals surface area contributed by atoms with Crippen LogP contribution < -0.4 is 11.3 Å². The molecule has 0 aromatic heterocycles. The summed E-state index contributed by atoms with van der Waals surface area (Å²) in [5.41, 5.74) is 4.22. The lowest BCUT2D eigenvalue weighted by Crippen LogP contribution is -2.38. The van der Waals surface area contributed by atoms with Gasteiger partial charge in [-0.15, -0.1) is 11.8 Å². The highest BCUT2D eigenvalue weighted by molar-refractivity contribution is 14.1. The normalized spacial score (nSPS) is 12.3. The first-order chi connectivity index (χ1) is 9.69. The van der Waals surface area contributed by atoms with Gasteiger partial charge >= 0.3 is 0 Å². The molecule has 5 heteroatoms. The van der Waals surface area contributed by atoms with Crippen LogP contribution in [0.15, 0.2) is 57.9 Å². The molecule has 0 saturated carbocycles. The monoisotopic (exact) mass is 462 g/mol. The van der Waals surface area contributed by atoms with Crippen molar-refractivity contribution in [3.05, 3.63) is 62.1 Å². The number of benzene rings is 2. The van der Waals surface area contributed by atoms with Gasteiger partial charge in [0.25, 0.3) is 0 Å². The summed E-state index contributed by atoms with van der Waals surface area (Å²) in [5.74, 6) is 6.61. The second-order valence-corrected chi connectivity index (χ2v) is 7.60. The molecule has 0 saturated heterocycles. The molecule has 0 amide bonds. The third kappa shape index (κ3) is 5.04. The van der Waals surface area contributed by atoms with Gasteiger partial charge in [-0.3, -0.25) is 11.3 Å². The summed E-state index contributed by atoms with van der Waals surface area (Å²) in [6, 6.07) is 17.1. The Morgan fingerprint density at radius 3 is 2.50 bits per heavy atom. The van der Waals surface area contributed by atoms with Crippen LogP contribution in [0.1, 0.15) is 5.56 Å². The maximum Gasteiger partial charge on any atom is 0.0344 e. The Kier molecular flexibility index (Phi) is 6.83. The van der Waals surface area contributed by atoms with Crippen LogP contribution in [-0.2, 0) is 6.42 Å². The van der Waals surface area contributed by atoms with Crippen molar-refractivity contribution in [2.24, 2.45) is 5.84 Å². The van der Waals surface area contributed by atoms with Crippen LogP contribution in [0.4, 0.5) is 0 Å². The SMILES string of the molecule is NNC(CSc1ccccc1Br)Cc1ccc(I)cc1. The molecule has 20 heavy (non-hydrogen) atoms. The molecule has 0 aliphatic rings. The van der Waals surface area contributed by atoms with E-state index in [1.807, 2.05) is 17.8 Å². The molecule has 0 aliphatic heterocycles. The second kappa shape index (κ2) is 8.38. The Morgan fingerprint density at radius 2 is 1.85 bits per heavy atom. The Bertz CT molecular complexity index is 548. The van der Waals surface area contributed by atoms with E-state index in [0.717, 1.165) is 16.6 Å². The fraction of sp³-hybridized carbons (Fsp3) is 0.200. The summed E-state index contributed by atoms with van der Waals surface area (Å²) in [4.78, 5) is 1.25. The van der Waals surface area contributed by atoms with Gasteiger partial charge < -0.3 is 0 Å². The van der Waals surface area contributed by atoms with E-state index in [-0.39, 0.29) is 6.04 Å². The van der Waals surface area contributed by atoms with Crippen molar-refractivity contribution in [1.29, 1.82) is 0 Å². The maximum absolute atomic E-state index is 5.68. The molecule has 0 aliphatic carbocycles. The molecule has 2 aromatic rings. The number of hydrogen-bond donors (Lipinski definition) is 2. The fourth-order valence-electron chi connectivity index (χ4n) is 1.82. The quantitative estimate of drug-likeness (QED) is 0.292. The first-order valence-corrected chi connectivity index (χ1v) is 9.12. The van der Waals surface area contributed by atoms with Crippen LogP contribution in [0.3, 0.4) is 0 Å². The van der Waals surface area contributed by atoms with E-state index in [0.29, 0.717) is 0 Å². The van der Waals surface area contributed by atoms with Gasteiger partial charge in [-0.25, -0.2) is 0 Å². The van der Waals surface area contributed by atoms with Crippen LogP contribution in [0.25, 0.3) is 0 Å². The van der Waals surface area contributed by atoms with E-state index in [2.05, 4.69) is 86.4 Å². The highest BCUT2D eigenvalue weighted by atomic mass is 127. The van der Waals surface area contributed by atoms with Crippen molar-refractivity contribution in [1.82, 2.24) is 5.43 Å². The van der Waals surface area contributed by atoms with E-state index in [9.17, 15) is 0 Å². The molecule has 0 heterocycles. The molecule has 0 fully saturated rings. The van der Waals surface area contributed by atoms with Gasteiger partial charge in [0.15, 0.2) is 0 Å². The Hall–Kier alpha value is -0.0800. The summed E-state index contributed by atoms with van der Waals surface area (Å²) in [7, 11) is 0. The smallest absolute Gasteiger partial charge is 0.0344 e. The van der Waals surface area contributed by atoms with Crippen molar-refractivity contribution in [3.8, 4) is 0 Å². The topological polar surface area (TPSA) is 38.0 Å². The molecule has 1 unspecified atom stereocenters. The summed E-state index contributed by atoms with van der Waals surface area (Å²) in [6.45, 7) is 0. The second-order valence-electron chi connectivity index (χ2n) is 4.44. The minimum Gasteiger partial charge on any atom is -0.271 e. The molecule has 2 rings (SSSR count). The summed E-state index contributed by atoms with van der Waals surface area (Å²) < 4.78 is 2.39. The summed E-state index contributed by atoms with van der Waals surface area (Å²) in [5, 5.41) is 0. The first-order valence-electron chi connectivity index (χ1n) is 6.27. The Labute approximate surface area is 146 Å². The Morgan fingerprint density at radius 1 is 1.15 bits per heavy atom. The largest absolute Gasteiger partial charge is 0.271 e. The number of hydrogen-bond acceptors (Lipinski definition) is 3. The minimum absolute atomic E-state index is 0.257. The van der Waals surface area contributed by atoms with Crippen LogP contribution in [0, 0.1) is 3.57 Å². The molecule has 2 nitrogen and oxygen atoms in total. The zero-order valence-corrected chi connectivity index (χ0v) is 15.4. The number of nitrogens with one attached hydrogen (secondary N) is 1. The lowest BCUT2D eigenvalue weighted by molar-refractivity contribution is 0.575. The molecule has 2 aromatic carbocycles. The third-order valence-electron chi connectivity index (χ3n) is 2.91. The van der Waals surface area contributed by atoms with Gasteiger partial charge in [-0.1, -0.05) is 24.3 Å². The standard InChI is InChI=1S/C15H16BrIN2S/c16-14-3-1-2-4-15(14)20-10-13(19-18)9-11-5-7-12(17)8-6-11/h1-8,13,19H,9-10,18H2. The average molecular weight is 463 g/mol. The van der Waals surface area contributed by atoms with E-state index < -0.39 is 0 Å². The molecular formula is C15H16BrIN2S. The highest BCUT2D eigenvalue weighted by Gasteiger charge is 2.09. The number of thioether (sulfide) groups is 1. The lowest BCUT2D eigenvalue weighted by atomic mass is 10.1. The fourth-order valence-corrected chi connectivity index (χ4v) is 3.79. The van der Waals surface area contributed by atoms with Crippen LogP contribution in [0.2, 0.25) is 0 Å². The predicted octanol–water partition coefficient (Wildman–Crippen LogP) is 4.22. The van der Waals surface area contributed by atoms with Crippen LogP contribution in [0.5, 0.6) is 0 Å². The molecule has 0 radical (unpaired) electrons. The van der Waals surface area contributed by atoms with Gasteiger partial charge in [-0.2, -0.15) is 0 Å². The summed E-state index contributed by atoms with van der Waals surface area (Å²) in [6.07, 6.45) is 0.935. The number of hydrazine groups is 1. The van der Waals surface area contributed by atoms with Crippen molar-refractivity contribution >= 4 is 50.3 Å². The molecule has 3 N–H and O–H groups in total. The van der Waals surface area contributed by atoms with Gasteiger partial charge in [0.2, 0.25) is 0 Å². The van der Waals surface area contributed by atoms with E-state index >= 15 is 0 Å². The van der Waals surface area contributed by atoms with Gasteiger partial charge in [0.05, 0.1) is 0 Å². The van der Waals surface area contributed by atoms with Gasteiger partial charge in [-0.05, 0) is 74.8 Å². The van der Waals surface area contributed by atoms with Crippen molar-refractivity contribution in [2.75, 3.05) is 5.75 Å². The van der Waals surface area contributed by atoms with Crippen molar-refractivity contribution in [2.45, 2.75) is 17.4 Å². The van der Waals surface area contributed by atoms with Gasteiger partial charge in [0.1, 0.15) is 0 Å². The number of nitrogens with two attached hydrogens (primary N) is 1. The molecule has 0 spiro atoms. The van der Waals surface area contributed by atoms with Crippen molar-refractivity contribution < 1.29 is 0 Å². The average Bonchev–Trinajstić information content (AvgIpc) is 2.47. The first kappa shape index (κ1) is 16.3. The Balaban J connectivity index is 1.92. The van der Waals surface area contributed by atoms with E-state index in [4.69, 9.17) is 5.84 Å². The van der Waals surface area contributed by atoms with Crippen LogP contribution in [-0.4, -0.2) is 11.8 Å². The highest BCUT2D eigenvalue weighted by Crippen LogP contribution is 2.27. The third-order valence-corrected chi connectivity index (χ3v) is 5.82. The zero-order chi connectivity index (χ0) is 14.4. The molecule has 106 valence electrons. The molecular weight excluding hydrogens is 447 g/mol. The predicted molar refractivity (Wildman–Crippen MR) is 98.8 cm³/mol. The molecule has 1 atom stereocenters. The maximum atomic E-state index is 5.68. The van der Waals surface area contributed by atoms with E-state index in [1.165, 1.54) is 14.0 Å². The number of halogens is 2. The van der Waals surface area contributed by atoms with Crippen LogP contribution >= 0.6 is 50.3 Å². The van der Waals surface area contributed by atoms with E-state index in [1.54, 1.807) is 0 Å². The lowest BCUT2D eigenvalue weighted by Gasteiger charge is -2.16. The van der Waals surface area contributed by atoms with Crippen molar-refractivity contribution in [3.63, 3.8) is 0 Å². The minimum atomic E-state index is 0.257. The summed E-state index contributed by atoms with van der Waals surface area (Å²) >= 11 is 7.70.